The molecular formula is C18H24N2O6S. The summed E-state index contributed by atoms with van der Waals surface area (Å²) in [5.74, 6) is -1.30. The summed E-state index contributed by atoms with van der Waals surface area (Å²) in [5, 5.41) is 2.57. The molecule has 0 spiro atoms. The lowest BCUT2D eigenvalue weighted by Crippen LogP contribution is -2.30. The van der Waals surface area contributed by atoms with Gasteiger partial charge >= 0.3 is 5.97 Å². The van der Waals surface area contributed by atoms with Gasteiger partial charge in [-0.2, -0.15) is 4.31 Å². The van der Waals surface area contributed by atoms with Gasteiger partial charge in [-0.25, -0.2) is 8.42 Å². The van der Waals surface area contributed by atoms with Gasteiger partial charge in [0.15, 0.2) is 6.10 Å². The first kappa shape index (κ1) is 21.0. The first-order valence-corrected chi connectivity index (χ1v) is 10.2. The third-order valence-corrected chi connectivity index (χ3v) is 6.10. The predicted octanol–water partition coefficient (Wildman–Crippen LogP) is 1.71. The number of sulfonamides is 1. The van der Waals surface area contributed by atoms with Crippen molar-refractivity contribution < 1.29 is 27.5 Å². The molecule has 0 unspecified atom stereocenters. The summed E-state index contributed by atoms with van der Waals surface area (Å²) in [6.45, 7) is 3.84. The highest BCUT2D eigenvalue weighted by molar-refractivity contribution is 7.89. The minimum Gasteiger partial charge on any atom is -0.453 e. The average molecular weight is 396 g/mol. The molecule has 1 N–H and O–H groups in total. The molecular weight excluding hydrogens is 372 g/mol. The molecule has 1 saturated heterocycles. The van der Waals surface area contributed by atoms with Gasteiger partial charge in [0.1, 0.15) is 5.78 Å². The predicted molar refractivity (Wildman–Crippen MR) is 98.5 cm³/mol. The zero-order valence-corrected chi connectivity index (χ0v) is 16.3. The number of hydrogen-bond donors (Lipinski definition) is 1. The SMILES string of the molecule is CC(=O)CCC(=O)O[C@H](C)C(=O)Nc1ccc(S(=O)(=O)N2CCCC2)cc1. The van der Waals surface area contributed by atoms with E-state index in [4.69, 9.17) is 4.74 Å². The van der Waals surface area contributed by atoms with E-state index in [9.17, 15) is 22.8 Å². The molecule has 1 aromatic rings. The number of nitrogens with one attached hydrogen (secondary N) is 1. The normalized spacial score (nSPS) is 15.9. The average Bonchev–Trinajstić information content (AvgIpc) is 3.16. The molecule has 1 amide bonds. The Morgan fingerprint density at radius 2 is 1.70 bits per heavy atom. The number of nitrogens with zero attached hydrogens (tertiary/aromatic N) is 1. The van der Waals surface area contributed by atoms with Gasteiger partial charge in [0.2, 0.25) is 10.0 Å². The van der Waals surface area contributed by atoms with Crippen molar-refractivity contribution in [3.63, 3.8) is 0 Å². The summed E-state index contributed by atoms with van der Waals surface area (Å²) in [4.78, 5) is 34.7. The Morgan fingerprint density at radius 3 is 2.26 bits per heavy atom. The monoisotopic (exact) mass is 396 g/mol. The second kappa shape index (κ2) is 9.09. The van der Waals surface area contributed by atoms with Crippen molar-refractivity contribution in [2.45, 2.75) is 50.5 Å². The number of carbonyl (C=O) groups excluding carboxylic acids is 3. The van der Waals surface area contributed by atoms with Crippen molar-refractivity contribution in [1.82, 2.24) is 4.31 Å². The van der Waals surface area contributed by atoms with Gasteiger partial charge in [0, 0.05) is 25.2 Å². The van der Waals surface area contributed by atoms with Crippen LogP contribution in [-0.4, -0.2) is 49.6 Å². The standard InChI is InChI=1S/C18H24N2O6S/c1-13(21)5-10-17(22)26-14(2)18(23)19-15-6-8-16(9-7-15)27(24,25)20-11-3-4-12-20/h6-9,14H,3-5,10-12H2,1-2H3,(H,19,23)/t14-/m1/s1. The van der Waals surface area contributed by atoms with Crippen molar-refractivity contribution in [2.24, 2.45) is 0 Å². The van der Waals surface area contributed by atoms with Gasteiger partial charge in [-0.15, -0.1) is 0 Å². The smallest absolute Gasteiger partial charge is 0.307 e. The van der Waals surface area contributed by atoms with Gasteiger partial charge in [-0.3, -0.25) is 9.59 Å². The fourth-order valence-electron chi connectivity index (χ4n) is 2.62. The van der Waals surface area contributed by atoms with Gasteiger partial charge in [0.05, 0.1) is 11.3 Å². The van der Waals surface area contributed by atoms with E-state index in [2.05, 4.69) is 5.32 Å². The number of Topliss-reactive ketones (excluding diaryl/α,β-unsaturated/α-hetero) is 1. The molecule has 9 heteroatoms. The van der Waals surface area contributed by atoms with Crippen LogP contribution in [0, 0.1) is 0 Å². The lowest BCUT2D eigenvalue weighted by molar-refractivity contribution is -0.153. The molecule has 0 aliphatic carbocycles. The summed E-state index contributed by atoms with van der Waals surface area (Å²) < 4.78 is 31.4. The van der Waals surface area contributed by atoms with Crippen molar-refractivity contribution in [3.8, 4) is 0 Å². The van der Waals surface area contributed by atoms with Crippen molar-refractivity contribution in [2.75, 3.05) is 18.4 Å². The summed E-state index contributed by atoms with van der Waals surface area (Å²) in [6, 6.07) is 5.86. The minimum absolute atomic E-state index is 0.0696. The number of esters is 1. The molecule has 0 saturated carbocycles. The largest absolute Gasteiger partial charge is 0.453 e. The van der Waals surface area contributed by atoms with Gasteiger partial charge in [-0.1, -0.05) is 0 Å². The van der Waals surface area contributed by atoms with Crippen molar-refractivity contribution >= 4 is 33.4 Å². The third kappa shape index (κ3) is 5.86. The third-order valence-electron chi connectivity index (χ3n) is 4.18. The van der Waals surface area contributed by atoms with E-state index < -0.39 is 28.0 Å². The molecule has 1 fully saturated rings. The molecule has 1 aromatic carbocycles. The first-order valence-electron chi connectivity index (χ1n) is 8.80. The molecule has 27 heavy (non-hydrogen) atoms. The topological polar surface area (TPSA) is 110 Å². The molecule has 0 bridgehead atoms. The molecule has 1 aliphatic rings. The van der Waals surface area contributed by atoms with E-state index in [1.165, 1.54) is 42.4 Å². The molecule has 0 aromatic heterocycles. The second-order valence-corrected chi connectivity index (χ2v) is 8.40. The number of benzene rings is 1. The highest BCUT2D eigenvalue weighted by Gasteiger charge is 2.27. The minimum atomic E-state index is -3.51. The van der Waals surface area contributed by atoms with Crippen LogP contribution in [0.1, 0.15) is 39.5 Å². The molecule has 1 aliphatic heterocycles. The number of anilines is 1. The maximum absolute atomic E-state index is 12.5. The van der Waals surface area contributed by atoms with Crippen LogP contribution in [0.3, 0.4) is 0 Å². The van der Waals surface area contributed by atoms with Crippen LogP contribution >= 0.6 is 0 Å². The van der Waals surface area contributed by atoms with Crippen LogP contribution in [0.4, 0.5) is 5.69 Å². The molecule has 0 radical (unpaired) electrons. The number of ketones is 1. The Bertz CT molecular complexity index is 798. The first-order chi connectivity index (χ1) is 12.7. The summed E-state index contributed by atoms with van der Waals surface area (Å²) in [7, 11) is -3.51. The van der Waals surface area contributed by atoms with E-state index in [1.807, 2.05) is 0 Å². The van der Waals surface area contributed by atoms with Gasteiger partial charge in [-0.05, 0) is 51.0 Å². The lowest BCUT2D eigenvalue weighted by atomic mass is 10.2. The maximum Gasteiger partial charge on any atom is 0.307 e. The van der Waals surface area contributed by atoms with Crippen LogP contribution in [0.2, 0.25) is 0 Å². The number of ether oxygens (including phenoxy) is 1. The number of rotatable bonds is 8. The fourth-order valence-corrected chi connectivity index (χ4v) is 4.14. The Morgan fingerprint density at radius 1 is 1.11 bits per heavy atom. The lowest BCUT2D eigenvalue weighted by Gasteiger charge is -2.16. The molecule has 1 atom stereocenters. The van der Waals surface area contributed by atoms with Crippen LogP contribution in [0.25, 0.3) is 0 Å². The highest BCUT2D eigenvalue weighted by Crippen LogP contribution is 2.22. The molecule has 8 nitrogen and oxygen atoms in total. The second-order valence-electron chi connectivity index (χ2n) is 6.46. The Hall–Kier alpha value is -2.26. The Labute approximate surface area is 158 Å². The highest BCUT2D eigenvalue weighted by atomic mass is 32.2. The quantitative estimate of drug-likeness (QED) is 0.670. The van der Waals surface area contributed by atoms with Crippen molar-refractivity contribution in [3.05, 3.63) is 24.3 Å². The molecule has 2 rings (SSSR count). The zero-order chi connectivity index (χ0) is 20.0. The van der Waals surface area contributed by atoms with E-state index >= 15 is 0 Å². The van der Waals surface area contributed by atoms with Crippen molar-refractivity contribution in [1.29, 1.82) is 0 Å². The fraction of sp³-hybridized carbons (Fsp3) is 0.500. The Kier molecular flexibility index (Phi) is 7.09. The van der Waals surface area contributed by atoms with E-state index in [0.717, 1.165) is 12.8 Å². The molecule has 1 heterocycles. The number of amides is 1. The van der Waals surface area contributed by atoms with Crippen LogP contribution in [0.5, 0.6) is 0 Å². The summed E-state index contributed by atoms with van der Waals surface area (Å²) in [5.41, 5.74) is 0.395. The van der Waals surface area contributed by atoms with Crippen LogP contribution in [0.15, 0.2) is 29.2 Å². The number of hydrogen-bond acceptors (Lipinski definition) is 6. The number of carbonyl (C=O) groups is 3. The van der Waals surface area contributed by atoms with E-state index in [0.29, 0.717) is 18.8 Å². The summed E-state index contributed by atoms with van der Waals surface area (Å²) in [6.07, 6.45) is 0.681. The van der Waals surface area contributed by atoms with Crippen LogP contribution in [-0.2, 0) is 29.1 Å². The van der Waals surface area contributed by atoms with Gasteiger partial charge < -0.3 is 14.8 Å². The molecule has 148 valence electrons. The zero-order valence-electron chi connectivity index (χ0n) is 15.4. The Balaban J connectivity index is 1.92. The van der Waals surface area contributed by atoms with E-state index in [1.54, 1.807) is 0 Å². The van der Waals surface area contributed by atoms with E-state index in [-0.39, 0.29) is 23.5 Å². The van der Waals surface area contributed by atoms with Crippen LogP contribution < -0.4 is 5.32 Å². The summed E-state index contributed by atoms with van der Waals surface area (Å²) >= 11 is 0. The maximum atomic E-state index is 12.5. The van der Waals surface area contributed by atoms with Gasteiger partial charge in [0.25, 0.3) is 5.91 Å².